The summed E-state index contributed by atoms with van der Waals surface area (Å²) in [6.45, 7) is 0. The Bertz CT molecular complexity index is 705. The quantitative estimate of drug-likeness (QED) is 0.661. The van der Waals surface area contributed by atoms with E-state index in [1.807, 2.05) is 0 Å². The molecule has 3 aromatic rings. The van der Waals surface area contributed by atoms with Crippen molar-refractivity contribution in [2.24, 2.45) is 0 Å². The third-order valence-electron chi connectivity index (χ3n) is 2.32. The summed E-state index contributed by atoms with van der Waals surface area (Å²) in [6.07, 6.45) is 3.01. The second-order valence-electron chi connectivity index (χ2n) is 3.24. The Balaban J connectivity index is 2.49. The number of aromatic carboxylic acids is 1. The summed E-state index contributed by atoms with van der Waals surface area (Å²) in [6, 6.07) is 3.38. The number of nitrogens with zero attached hydrogens (tertiary/aromatic N) is 3. The minimum Gasteiger partial charge on any atom is -0.476 e. The fourth-order valence-corrected chi connectivity index (χ4v) is 1.60. The highest BCUT2D eigenvalue weighted by molar-refractivity contribution is 6.08. The van der Waals surface area contributed by atoms with Crippen LogP contribution in [0.5, 0.6) is 0 Å². The van der Waals surface area contributed by atoms with E-state index in [0.717, 1.165) is 5.39 Å². The topological polar surface area (TPSA) is 89.1 Å². The van der Waals surface area contributed by atoms with Crippen LogP contribution in [0.4, 0.5) is 0 Å². The van der Waals surface area contributed by atoms with E-state index in [9.17, 15) is 4.79 Å². The van der Waals surface area contributed by atoms with Gasteiger partial charge in [-0.2, -0.15) is 0 Å². The monoisotopic (exact) mass is 215 g/mol. The van der Waals surface area contributed by atoms with Crippen molar-refractivity contribution < 1.29 is 14.4 Å². The lowest BCUT2D eigenvalue weighted by atomic mass is 10.1. The van der Waals surface area contributed by atoms with Crippen LogP contribution in [0, 0.1) is 0 Å². The molecule has 0 aliphatic rings. The van der Waals surface area contributed by atoms with Crippen LogP contribution in [0.3, 0.4) is 0 Å². The Kier molecular flexibility index (Phi) is 1.64. The number of carboxylic acid groups (broad SMARTS) is 1. The standard InChI is InChI=1S/C10H5N3O3/c14-10(15)8-6-2-1-5-3-11-4-12-7(5)9(6)16-13-8/h1-4H,(H,14,15). The molecule has 0 aliphatic carbocycles. The highest BCUT2D eigenvalue weighted by Crippen LogP contribution is 2.25. The van der Waals surface area contributed by atoms with Gasteiger partial charge in [0.1, 0.15) is 11.8 Å². The van der Waals surface area contributed by atoms with Crippen LogP contribution in [-0.4, -0.2) is 26.2 Å². The predicted octanol–water partition coefficient (Wildman–Crippen LogP) is 1.47. The zero-order chi connectivity index (χ0) is 11.1. The van der Waals surface area contributed by atoms with Gasteiger partial charge >= 0.3 is 5.97 Å². The molecule has 0 bridgehead atoms. The van der Waals surface area contributed by atoms with E-state index in [1.165, 1.54) is 6.33 Å². The number of benzene rings is 1. The molecule has 2 aromatic heterocycles. The number of hydrogen-bond donors (Lipinski definition) is 1. The van der Waals surface area contributed by atoms with Crippen molar-refractivity contribution in [1.29, 1.82) is 0 Å². The van der Waals surface area contributed by atoms with Gasteiger partial charge in [-0.05, 0) is 6.07 Å². The average molecular weight is 215 g/mol. The molecule has 6 heteroatoms. The molecule has 1 aromatic carbocycles. The first-order valence-electron chi connectivity index (χ1n) is 4.49. The summed E-state index contributed by atoms with van der Waals surface area (Å²) in [5.74, 6) is -1.12. The SMILES string of the molecule is O=C(O)c1noc2c1ccc1cncnc12. The highest BCUT2D eigenvalue weighted by atomic mass is 16.5. The molecule has 0 atom stereocenters. The number of carboxylic acids is 1. The van der Waals surface area contributed by atoms with Crippen molar-refractivity contribution in [3.05, 3.63) is 30.4 Å². The van der Waals surface area contributed by atoms with Gasteiger partial charge in [-0.3, -0.25) is 0 Å². The lowest BCUT2D eigenvalue weighted by Crippen LogP contribution is -1.96. The number of rotatable bonds is 1. The molecule has 3 rings (SSSR count). The molecule has 0 saturated carbocycles. The minimum atomic E-state index is -1.12. The van der Waals surface area contributed by atoms with Crippen LogP contribution in [0.15, 0.2) is 29.2 Å². The van der Waals surface area contributed by atoms with Gasteiger partial charge in [0.25, 0.3) is 0 Å². The maximum absolute atomic E-state index is 10.9. The van der Waals surface area contributed by atoms with E-state index in [0.29, 0.717) is 16.5 Å². The first-order chi connectivity index (χ1) is 7.77. The van der Waals surface area contributed by atoms with Crippen molar-refractivity contribution in [3.63, 3.8) is 0 Å². The molecular formula is C10H5N3O3. The zero-order valence-corrected chi connectivity index (χ0v) is 7.91. The number of fused-ring (bicyclic) bond motifs is 3. The summed E-state index contributed by atoms with van der Waals surface area (Å²) in [7, 11) is 0. The minimum absolute atomic E-state index is 0.101. The van der Waals surface area contributed by atoms with Crippen molar-refractivity contribution in [2.45, 2.75) is 0 Å². The van der Waals surface area contributed by atoms with E-state index < -0.39 is 5.97 Å². The fraction of sp³-hybridized carbons (Fsp3) is 0. The third kappa shape index (κ3) is 1.07. The molecule has 6 nitrogen and oxygen atoms in total. The Labute approximate surface area is 88.5 Å². The molecule has 2 heterocycles. The molecule has 0 unspecified atom stereocenters. The normalized spacial score (nSPS) is 11.0. The summed E-state index contributed by atoms with van der Waals surface area (Å²) in [5, 5.41) is 13.6. The van der Waals surface area contributed by atoms with Crippen LogP contribution >= 0.6 is 0 Å². The molecule has 0 saturated heterocycles. The van der Waals surface area contributed by atoms with Crippen molar-refractivity contribution in [2.75, 3.05) is 0 Å². The first kappa shape index (κ1) is 8.78. The Hall–Kier alpha value is -2.50. The van der Waals surface area contributed by atoms with Gasteiger partial charge in [-0.25, -0.2) is 14.8 Å². The van der Waals surface area contributed by atoms with Crippen molar-refractivity contribution in [3.8, 4) is 0 Å². The predicted molar refractivity (Wildman–Crippen MR) is 54.1 cm³/mol. The summed E-state index contributed by atoms with van der Waals surface area (Å²) >= 11 is 0. The van der Waals surface area contributed by atoms with Crippen LogP contribution in [0.1, 0.15) is 10.5 Å². The van der Waals surface area contributed by atoms with Crippen LogP contribution in [0.2, 0.25) is 0 Å². The van der Waals surface area contributed by atoms with Gasteiger partial charge in [0.05, 0.1) is 5.39 Å². The fourth-order valence-electron chi connectivity index (χ4n) is 1.60. The summed E-state index contributed by atoms with van der Waals surface area (Å²) in [4.78, 5) is 18.8. The summed E-state index contributed by atoms with van der Waals surface area (Å²) in [5.41, 5.74) is 0.834. The average Bonchev–Trinajstić information content (AvgIpc) is 2.73. The molecule has 0 aliphatic heterocycles. The van der Waals surface area contributed by atoms with Gasteiger partial charge in [-0.1, -0.05) is 11.2 Å². The highest BCUT2D eigenvalue weighted by Gasteiger charge is 2.16. The van der Waals surface area contributed by atoms with Crippen molar-refractivity contribution in [1.82, 2.24) is 15.1 Å². The maximum atomic E-state index is 10.9. The number of aromatic nitrogens is 3. The molecule has 0 fully saturated rings. The van der Waals surface area contributed by atoms with E-state index in [1.54, 1.807) is 18.3 Å². The van der Waals surface area contributed by atoms with E-state index >= 15 is 0 Å². The molecular weight excluding hydrogens is 210 g/mol. The van der Waals surface area contributed by atoms with E-state index in [-0.39, 0.29) is 5.69 Å². The lowest BCUT2D eigenvalue weighted by Gasteiger charge is -1.94. The van der Waals surface area contributed by atoms with Gasteiger partial charge in [0.15, 0.2) is 11.3 Å². The second-order valence-corrected chi connectivity index (χ2v) is 3.24. The van der Waals surface area contributed by atoms with E-state index in [4.69, 9.17) is 9.63 Å². The molecule has 16 heavy (non-hydrogen) atoms. The Morgan fingerprint density at radius 2 is 2.25 bits per heavy atom. The molecule has 0 spiro atoms. The van der Waals surface area contributed by atoms with Crippen molar-refractivity contribution >= 4 is 27.8 Å². The van der Waals surface area contributed by atoms with Gasteiger partial charge in [0, 0.05) is 11.6 Å². The molecule has 78 valence electrons. The maximum Gasteiger partial charge on any atom is 0.358 e. The van der Waals surface area contributed by atoms with Crippen LogP contribution < -0.4 is 0 Å². The lowest BCUT2D eigenvalue weighted by molar-refractivity contribution is 0.0688. The molecule has 0 radical (unpaired) electrons. The van der Waals surface area contributed by atoms with Gasteiger partial charge in [-0.15, -0.1) is 0 Å². The number of carbonyl (C=O) groups is 1. The van der Waals surface area contributed by atoms with E-state index in [2.05, 4.69) is 15.1 Å². The first-order valence-corrected chi connectivity index (χ1v) is 4.49. The molecule has 1 N–H and O–H groups in total. The van der Waals surface area contributed by atoms with Crippen LogP contribution in [-0.2, 0) is 0 Å². The zero-order valence-electron chi connectivity index (χ0n) is 7.91. The number of hydrogen-bond acceptors (Lipinski definition) is 5. The van der Waals surface area contributed by atoms with Gasteiger partial charge < -0.3 is 9.63 Å². The van der Waals surface area contributed by atoms with Crippen LogP contribution in [0.25, 0.3) is 21.9 Å². The second kappa shape index (κ2) is 2.99. The van der Waals surface area contributed by atoms with Gasteiger partial charge in [0.2, 0.25) is 0 Å². The third-order valence-corrected chi connectivity index (χ3v) is 2.32. The smallest absolute Gasteiger partial charge is 0.358 e. The largest absolute Gasteiger partial charge is 0.476 e. The molecule has 0 amide bonds. The Morgan fingerprint density at radius 3 is 3.06 bits per heavy atom. The Morgan fingerprint density at radius 1 is 1.38 bits per heavy atom. The summed E-state index contributed by atoms with van der Waals surface area (Å²) < 4.78 is 5.00.